The van der Waals surface area contributed by atoms with Crippen LogP contribution in [0.1, 0.15) is 44.1 Å². The van der Waals surface area contributed by atoms with Gasteiger partial charge in [0.1, 0.15) is 0 Å². The van der Waals surface area contributed by atoms with Crippen LogP contribution in [0.25, 0.3) is 11.0 Å². The summed E-state index contributed by atoms with van der Waals surface area (Å²) in [6, 6.07) is 18.4. The third-order valence-corrected chi connectivity index (χ3v) is 8.09. The van der Waals surface area contributed by atoms with Gasteiger partial charge in [0, 0.05) is 5.41 Å². The molecule has 4 saturated carbocycles. The van der Waals surface area contributed by atoms with Crippen molar-refractivity contribution in [3.8, 4) is 0 Å². The molecule has 4 fully saturated rings. The molecule has 0 aliphatic heterocycles. The van der Waals surface area contributed by atoms with Crippen molar-refractivity contribution in [2.75, 3.05) is 0 Å². The molecule has 162 valence electrons. The van der Waals surface area contributed by atoms with Crippen molar-refractivity contribution >= 4 is 33.8 Å². The van der Waals surface area contributed by atoms with Crippen molar-refractivity contribution in [2.45, 2.75) is 51.6 Å². The Hall–Kier alpha value is -2.14. The van der Waals surface area contributed by atoms with Crippen LogP contribution in [-0.4, -0.2) is 14.9 Å². The number of hydrogen-bond acceptors (Lipinski definition) is 2. The fraction of sp³-hybridized carbons (Fsp3) is 0.462. The standard InChI is InChI=1S/C26H29N3O.BrH/c27-25-28(16-18-6-2-1-3-7-18)22-8-4-5-9-23(22)29(25)17-24(30)26-13-19-10-20(14-26)12-21(11-19)15-26;/h1-9,19-21,27H,10-17H2;1H. The smallest absolute Gasteiger partial charge is 0.203 e. The van der Waals surface area contributed by atoms with Gasteiger partial charge in [-0.05, 0) is 74.0 Å². The van der Waals surface area contributed by atoms with Crippen LogP contribution < -0.4 is 5.62 Å². The van der Waals surface area contributed by atoms with E-state index in [0.717, 1.165) is 48.0 Å². The van der Waals surface area contributed by atoms with Crippen LogP contribution in [0.15, 0.2) is 54.6 Å². The van der Waals surface area contributed by atoms with E-state index in [1.54, 1.807) is 0 Å². The monoisotopic (exact) mass is 479 g/mol. The van der Waals surface area contributed by atoms with Gasteiger partial charge in [-0.3, -0.25) is 10.2 Å². The van der Waals surface area contributed by atoms with Crippen molar-refractivity contribution in [1.29, 1.82) is 5.41 Å². The van der Waals surface area contributed by atoms with Gasteiger partial charge in [-0.1, -0.05) is 42.5 Å². The predicted octanol–water partition coefficient (Wildman–Crippen LogP) is 5.33. The van der Waals surface area contributed by atoms with Crippen LogP contribution in [0.4, 0.5) is 0 Å². The molecule has 4 nitrogen and oxygen atoms in total. The van der Waals surface area contributed by atoms with Crippen LogP contribution in [0.2, 0.25) is 0 Å². The minimum Gasteiger partial charge on any atom is -0.306 e. The number of halogens is 1. The molecule has 7 rings (SSSR count). The summed E-state index contributed by atoms with van der Waals surface area (Å²) in [5, 5.41) is 8.93. The van der Waals surface area contributed by atoms with Gasteiger partial charge >= 0.3 is 0 Å². The summed E-state index contributed by atoms with van der Waals surface area (Å²) in [6.45, 7) is 0.992. The Balaban J connectivity index is 0.00000204. The topological polar surface area (TPSA) is 50.8 Å². The van der Waals surface area contributed by atoms with Crippen LogP contribution in [-0.2, 0) is 17.9 Å². The Bertz CT molecular complexity index is 1140. The average molecular weight is 480 g/mol. The molecule has 0 radical (unpaired) electrons. The number of Topliss-reactive ketones (excluding diaryl/α,β-unsaturated/α-hetero) is 1. The van der Waals surface area contributed by atoms with Gasteiger partial charge in [-0.2, -0.15) is 0 Å². The number of para-hydroxylation sites is 2. The van der Waals surface area contributed by atoms with Crippen molar-refractivity contribution < 1.29 is 4.79 Å². The van der Waals surface area contributed by atoms with E-state index >= 15 is 0 Å². The lowest BCUT2D eigenvalue weighted by Gasteiger charge is -2.56. The SMILES string of the molecule is Br.N=c1n(CC(=O)C23CC4CC(CC(C4)C2)C3)c2ccccc2n1Cc1ccccc1. The van der Waals surface area contributed by atoms with E-state index in [1.165, 1.54) is 24.8 Å². The lowest BCUT2D eigenvalue weighted by Crippen LogP contribution is -2.51. The summed E-state index contributed by atoms with van der Waals surface area (Å²) in [4.78, 5) is 13.7. The van der Waals surface area contributed by atoms with Gasteiger partial charge in [0.25, 0.3) is 0 Å². The molecule has 4 bridgehead atoms. The Kier molecular flexibility index (Phi) is 5.20. The first-order chi connectivity index (χ1) is 14.6. The molecule has 1 heterocycles. The third-order valence-electron chi connectivity index (χ3n) is 8.09. The maximum atomic E-state index is 13.7. The highest BCUT2D eigenvalue weighted by atomic mass is 79.9. The van der Waals surface area contributed by atoms with Gasteiger partial charge in [-0.15, -0.1) is 17.0 Å². The number of hydrogen-bond donors (Lipinski definition) is 1. The average Bonchev–Trinajstić information content (AvgIpc) is 2.99. The van der Waals surface area contributed by atoms with E-state index in [0.29, 0.717) is 24.5 Å². The molecule has 0 atom stereocenters. The normalized spacial score (nSPS) is 28.6. The molecule has 0 amide bonds. The summed E-state index contributed by atoms with van der Waals surface area (Å²) in [6.07, 6.45) is 7.32. The molecule has 3 aromatic rings. The minimum atomic E-state index is -0.114. The number of benzene rings is 2. The van der Waals surface area contributed by atoms with Crippen LogP contribution in [0, 0.1) is 28.6 Å². The Morgan fingerprint density at radius 2 is 1.35 bits per heavy atom. The van der Waals surface area contributed by atoms with Gasteiger partial charge in [0.05, 0.1) is 24.1 Å². The summed E-state index contributed by atoms with van der Waals surface area (Å²) >= 11 is 0. The fourth-order valence-corrected chi connectivity index (χ4v) is 7.14. The number of nitrogens with one attached hydrogen (secondary N) is 1. The third kappa shape index (κ3) is 3.42. The second kappa shape index (κ2) is 7.77. The molecular weight excluding hydrogens is 450 g/mol. The minimum absolute atomic E-state index is 0. The van der Waals surface area contributed by atoms with E-state index in [-0.39, 0.29) is 22.4 Å². The molecule has 4 aliphatic rings. The molecule has 31 heavy (non-hydrogen) atoms. The highest BCUT2D eigenvalue weighted by Crippen LogP contribution is 2.60. The largest absolute Gasteiger partial charge is 0.306 e. The van der Waals surface area contributed by atoms with Crippen LogP contribution >= 0.6 is 17.0 Å². The number of imidazole rings is 1. The molecule has 4 aliphatic carbocycles. The van der Waals surface area contributed by atoms with Crippen molar-refractivity contribution in [3.05, 3.63) is 65.8 Å². The molecule has 0 unspecified atom stereocenters. The number of rotatable bonds is 5. The van der Waals surface area contributed by atoms with Crippen molar-refractivity contribution in [1.82, 2.24) is 9.13 Å². The Morgan fingerprint density at radius 3 is 1.94 bits per heavy atom. The molecule has 1 aromatic heterocycles. The first kappa shape index (κ1) is 20.7. The highest BCUT2D eigenvalue weighted by molar-refractivity contribution is 8.93. The van der Waals surface area contributed by atoms with Gasteiger partial charge < -0.3 is 9.13 Å². The Labute approximate surface area is 193 Å². The van der Waals surface area contributed by atoms with Gasteiger partial charge in [0.15, 0.2) is 5.78 Å². The quantitative estimate of drug-likeness (QED) is 0.527. The summed E-state index contributed by atoms with van der Waals surface area (Å²) < 4.78 is 4.00. The lowest BCUT2D eigenvalue weighted by atomic mass is 9.48. The van der Waals surface area contributed by atoms with E-state index in [2.05, 4.69) is 24.3 Å². The number of carbonyl (C=O) groups is 1. The molecular formula is C26H30BrN3O. The zero-order chi connectivity index (χ0) is 20.3. The zero-order valence-electron chi connectivity index (χ0n) is 17.8. The van der Waals surface area contributed by atoms with Crippen molar-refractivity contribution in [2.24, 2.45) is 23.2 Å². The Morgan fingerprint density at radius 1 is 0.839 bits per heavy atom. The second-order valence-corrected chi connectivity index (χ2v) is 10.1. The predicted molar refractivity (Wildman–Crippen MR) is 127 cm³/mol. The van der Waals surface area contributed by atoms with E-state index in [4.69, 9.17) is 5.41 Å². The maximum Gasteiger partial charge on any atom is 0.203 e. The number of fused-ring (bicyclic) bond motifs is 1. The number of nitrogens with zero attached hydrogens (tertiary/aromatic N) is 2. The summed E-state index contributed by atoms with van der Waals surface area (Å²) in [5.41, 5.74) is 3.52. The molecule has 0 saturated heterocycles. The summed E-state index contributed by atoms with van der Waals surface area (Å²) in [7, 11) is 0. The van der Waals surface area contributed by atoms with Gasteiger partial charge in [0.2, 0.25) is 5.62 Å². The van der Waals surface area contributed by atoms with Crippen molar-refractivity contribution in [3.63, 3.8) is 0 Å². The first-order valence-corrected chi connectivity index (χ1v) is 11.4. The molecule has 2 aromatic carbocycles. The molecule has 1 N–H and O–H groups in total. The van der Waals surface area contributed by atoms with Crippen LogP contribution in [0.5, 0.6) is 0 Å². The van der Waals surface area contributed by atoms with E-state index in [1.807, 2.05) is 39.5 Å². The second-order valence-electron chi connectivity index (χ2n) is 10.1. The number of carbonyl (C=O) groups excluding carboxylic acids is 1. The number of ketones is 1. The van der Waals surface area contributed by atoms with Crippen LogP contribution in [0.3, 0.4) is 0 Å². The molecule has 5 heteroatoms. The maximum absolute atomic E-state index is 13.7. The first-order valence-electron chi connectivity index (χ1n) is 11.4. The summed E-state index contributed by atoms with van der Waals surface area (Å²) in [5.74, 6) is 2.67. The highest BCUT2D eigenvalue weighted by Gasteiger charge is 2.54. The van der Waals surface area contributed by atoms with Gasteiger partial charge in [-0.25, -0.2) is 0 Å². The molecule has 0 spiro atoms. The number of aromatic nitrogens is 2. The zero-order valence-corrected chi connectivity index (χ0v) is 19.5. The van der Waals surface area contributed by atoms with E-state index < -0.39 is 0 Å². The fourth-order valence-electron chi connectivity index (χ4n) is 7.14. The van der Waals surface area contributed by atoms with E-state index in [9.17, 15) is 4.79 Å². The lowest BCUT2D eigenvalue weighted by molar-refractivity contribution is -0.144.